The summed E-state index contributed by atoms with van der Waals surface area (Å²) in [6.45, 7) is 3.21. The molecule has 0 amide bonds. The van der Waals surface area contributed by atoms with Gasteiger partial charge in [0.15, 0.2) is 0 Å². The lowest BCUT2D eigenvalue weighted by atomic mass is 10.6. The van der Waals surface area contributed by atoms with Crippen molar-refractivity contribution in [3.05, 3.63) is 24.6 Å². The molecular formula is C5H7N3. The summed E-state index contributed by atoms with van der Waals surface area (Å²) in [7, 11) is 0. The minimum Gasteiger partial charge on any atom is -0.273 e. The van der Waals surface area contributed by atoms with Crippen LogP contribution in [0.4, 0.5) is 0 Å². The summed E-state index contributed by atoms with van der Waals surface area (Å²) in [4.78, 5) is 3.42. The highest BCUT2D eigenvalue weighted by molar-refractivity contribution is 5.26. The maximum absolute atomic E-state index is 6.30. The summed E-state index contributed by atoms with van der Waals surface area (Å²) in [6, 6.07) is 0. The predicted molar refractivity (Wildman–Crippen MR) is 33.0 cm³/mol. The van der Waals surface area contributed by atoms with Crippen LogP contribution in [0.25, 0.3) is 0 Å². The fourth-order valence-electron chi connectivity index (χ4n) is 0.203. The molecule has 0 saturated carbocycles. The van der Waals surface area contributed by atoms with E-state index in [9.17, 15) is 0 Å². The highest BCUT2D eigenvalue weighted by atomic mass is 14.9. The van der Waals surface area contributed by atoms with Crippen LogP contribution < -0.4 is 0 Å². The number of hydrogen-bond donors (Lipinski definition) is 1. The summed E-state index contributed by atoms with van der Waals surface area (Å²) in [5, 5.41) is 2.96. The van der Waals surface area contributed by atoms with Crippen molar-refractivity contribution in [3.8, 4) is 0 Å². The van der Waals surface area contributed by atoms with Gasteiger partial charge in [-0.05, 0) is 18.9 Å². The van der Waals surface area contributed by atoms with Crippen LogP contribution in [0.2, 0.25) is 0 Å². The van der Waals surface area contributed by atoms with Crippen molar-refractivity contribution in [1.29, 1.82) is 5.53 Å². The normalized spacial score (nSPS) is 10.5. The molecule has 0 aromatic rings. The number of aliphatic imine (C=N–C) groups is 1. The maximum atomic E-state index is 6.30. The van der Waals surface area contributed by atoms with Crippen LogP contribution in [0.3, 0.4) is 0 Å². The van der Waals surface area contributed by atoms with Gasteiger partial charge in [-0.15, -0.1) is 0 Å². The molecule has 1 N–H and O–H groups in total. The van der Waals surface area contributed by atoms with Crippen LogP contribution in [0.15, 0.2) is 34.7 Å². The van der Waals surface area contributed by atoms with Crippen LogP contribution in [0.5, 0.6) is 0 Å². The third kappa shape index (κ3) is 4.75. The maximum Gasteiger partial charge on any atom is 0.0489 e. The van der Waals surface area contributed by atoms with E-state index in [2.05, 4.69) is 16.8 Å². The van der Waals surface area contributed by atoms with Gasteiger partial charge in [-0.25, -0.2) is 5.53 Å². The van der Waals surface area contributed by atoms with Crippen molar-refractivity contribution in [3.63, 3.8) is 0 Å². The average Bonchev–Trinajstić information content (AvgIpc) is 1.81. The monoisotopic (exact) mass is 109 g/mol. The Hall–Kier alpha value is -1.25. The second-order valence-electron chi connectivity index (χ2n) is 0.995. The van der Waals surface area contributed by atoms with E-state index in [0.29, 0.717) is 0 Å². The van der Waals surface area contributed by atoms with E-state index in [1.807, 2.05) is 0 Å². The van der Waals surface area contributed by atoms with Gasteiger partial charge in [-0.1, -0.05) is 0 Å². The fraction of sp³-hybridized carbons (Fsp3) is 0. The molecule has 0 heterocycles. The van der Waals surface area contributed by atoms with E-state index in [1.54, 1.807) is 12.2 Å². The Morgan fingerprint density at radius 3 is 2.38 bits per heavy atom. The molecule has 3 heteroatoms. The Kier molecular flexibility index (Phi) is 4.85. The summed E-state index contributed by atoms with van der Waals surface area (Å²) in [5.74, 6) is 0. The van der Waals surface area contributed by atoms with Gasteiger partial charge in [0.05, 0.1) is 0 Å². The van der Waals surface area contributed by atoms with E-state index >= 15 is 0 Å². The van der Waals surface area contributed by atoms with Gasteiger partial charge in [0.2, 0.25) is 0 Å². The number of allylic oxidation sites excluding steroid dienone is 2. The lowest BCUT2D eigenvalue weighted by Gasteiger charge is -1.66. The third-order valence-corrected chi connectivity index (χ3v) is 0.463. The summed E-state index contributed by atoms with van der Waals surface area (Å²) in [5.41, 5.74) is 6.30. The number of nitrogens with zero attached hydrogens (tertiary/aromatic N) is 2. The third-order valence-electron chi connectivity index (χ3n) is 0.463. The molecule has 8 heavy (non-hydrogen) atoms. The largest absolute Gasteiger partial charge is 0.273 e. The van der Waals surface area contributed by atoms with E-state index in [1.165, 1.54) is 12.4 Å². The molecule has 0 bridgehead atoms. The van der Waals surface area contributed by atoms with Crippen molar-refractivity contribution in [2.75, 3.05) is 0 Å². The van der Waals surface area contributed by atoms with Gasteiger partial charge >= 0.3 is 0 Å². The first kappa shape index (κ1) is 6.75. The second kappa shape index (κ2) is 5.75. The van der Waals surface area contributed by atoms with Crippen LogP contribution in [-0.4, -0.2) is 6.72 Å². The van der Waals surface area contributed by atoms with E-state index in [4.69, 9.17) is 5.53 Å². The Morgan fingerprint density at radius 1 is 1.25 bits per heavy atom. The van der Waals surface area contributed by atoms with E-state index < -0.39 is 0 Å². The fourth-order valence-corrected chi connectivity index (χ4v) is 0.203. The number of hydrogen-bond acceptors (Lipinski definition) is 3. The van der Waals surface area contributed by atoms with Crippen LogP contribution in [-0.2, 0) is 0 Å². The lowest BCUT2D eigenvalue weighted by molar-refractivity contribution is 1.14. The number of nitrogens with one attached hydrogen (secondary N) is 1. The van der Waals surface area contributed by atoms with Crippen molar-refractivity contribution in [1.82, 2.24) is 0 Å². The van der Waals surface area contributed by atoms with E-state index in [-0.39, 0.29) is 0 Å². The average molecular weight is 109 g/mol. The van der Waals surface area contributed by atoms with Gasteiger partial charge in [-0.3, -0.25) is 4.99 Å². The van der Waals surface area contributed by atoms with Crippen molar-refractivity contribution in [2.45, 2.75) is 0 Å². The quantitative estimate of drug-likeness (QED) is 0.326. The molecule has 42 valence electrons. The molecule has 0 radical (unpaired) electrons. The minimum atomic E-state index is 1.35. The molecule has 0 fully saturated rings. The molecule has 0 saturated heterocycles. The molecule has 0 aliphatic heterocycles. The van der Waals surface area contributed by atoms with Crippen molar-refractivity contribution < 1.29 is 0 Å². The molecule has 0 aliphatic rings. The summed E-state index contributed by atoms with van der Waals surface area (Å²) >= 11 is 0. The SMILES string of the molecule is C=N/C=C\C=C/N=N. The van der Waals surface area contributed by atoms with Gasteiger partial charge in [0.25, 0.3) is 0 Å². The summed E-state index contributed by atoms with van der Waals surface area (Å²) < 4.78 is 0. The topological polar surface area (TPSA) is 48.6 Å². The summed E-state index contributed by atoms with van der Waals surface area (Å²) in [6.07, 6.45) is 6.11. The van der Waals surface area contributed by atoms with Gasteiger partial charge in [0.1, 0.15) is 0 Å². The molecule has 0 spiro atoms. The highest BCUT2D eigenvalue weighted by Crippen LogP contribution is 1.76. The van der Waals surface area contributed by atoms with Gasteiger partial charge in [0, 0.05) is 12.4 Å². The van der Waals surface area contributed by atoms with Gasteiger partial charge in [-0.2, -0.15) is 5.11 Å². The lowest BCUT2D eigenvalue weighted by Crippen LogP contribution is -1.46. The molecule has 0 unspecified atom stereocenters. The molecule has 0 rings (SSSR count). The second-order valence-corrected chi connectivity index (χ2v) is 0.995. The van der Waals surface area contributed by atoms with Crippen molar-refractivity contribution >= 4 is 6.72 Å². The molecular weight excluding hydrogens is 102 g/mol. The first-order valence-corrected chi connectivity index (χ1v) is 2.06. The highest BCUT2D eigenvalue weighted by Gasteiger charge is 1.56. The first-order chi connectivity index (χ1) is 3.91. The predicted octanol–water partition coefficient (Wildman–Crippen LogP) is 1.75. The molecule has 0 aromatic carbocycles. The smallest absolute Gasteiger partial charge is 0.0489 e. The van der Waals surface area contributed by atoms with Crippen LogP contribution >= 0.6 is 0 Å². The zero-order chi connectivity index (χ0) is 6.24. The molecule has 3 nitrogen and oxygen atoms in total. The Bertz CT molecular complexity index is 108. The molecule has 0 aromatic heterocycles. The Morgan fingerprint density at radius 2 is 1.88 bits per heavy atom. The Balaban J connectivity index is 3.41. The number of rotatable bonds is 3. The van der Waals surface area contributed by atoms with E-state index in [0.717, 1.165) is 0 Å². The zero-order valence-electron chi connectivity index (χ0n) is 4.41. The molecule has 0 aliphatic carbocycles. The molecule has 0 atom stereocenters. The standard InChI is InChI=1S/C5H7N3/c1-7-4-2-3-5-8-6/h2-6H,1H2/b4-2-,5-3-,8-6?. The minimum absolute atomic E-state index is 1.35. The van der Waals surface area contributed by atoms with Crippen molar-refractivity contribution in [2.24, 2.45) is 10.1 Å². The van der Waals surface area contributed by atoms with Crippen LogP contribution in [0, 0.1) is 5.53 Å². The zero-order valence-corrected chi connectivity index (χ0v) is 4.41. The first-order valence-electron chi connectivity index (χ1n) is 2.06. The van der Waals surface area contributed by atoms with Crippen LogP contribution in [0.1, 0.15) is 0 Å². The van der Waals surface area contributed by atoms with Gasteiger partial charge < -0.3 is 0 Å². The Labute approximate surface area is 48.0 Å².